The van der Waals surface area contributed by atoms with Crippen molar-refractivity contribution in [1.82, 2.24) is 14.9 Å². The second-order valence-corrected chi connectivity index (χ2v) is 9.34. The third-order valence-corrected chi connectivity index (χ3v) is 6.66. The van der Waals surface area contributed by atoms with Crippen molar-refractivity contribution in [2.24, 2.45) is 0 Å². The third-order valence-electron chi connectivity index (χ3n) is 5.78. The SMILES string of the molecule is Cc1ccc(CN2CCc3nc(SCC(=O)Nc4ccc(C)c(C)c4)[nH]c(=O)c3C2)cc1. The monoisotopic (exact) mass is 448 g/mol. The van der Waals surface area contributed by atoms with Gasteiger partial charge in [-0.05, 0) is 49.6 Å². The first kappa shape index (κ1) is 22.3. The molecule has 1 aliphatic rings. The molecule has 7 heteroatoms. The topological polar surface area (TPSA) is 78.1 Å². The lowest BCUT2D eigenvalue weighted by atomic mass is 10.1. The van der Waals surface area contributed by atoms with Crippen LogP contribution in [0.4, 0.5) is 5.69 Å². The van der Waals surface area contributed by atoms with Crippen molar-refractivity contribution in [1.29, 1.82) is 0 Å². The van der Waals surface area contributed by atoms with Crippen molar-refractivity contribution in [2.45, 2.75) is 45.4 Å². The summed E-state index contributed by atoms with van der Waals surface area (Å²) in [5, 5.41) is 3.40. The predicted octanol–water partition coefficient (Wildman–Crippen LogP) is 3.98. The number of rotatable bonds is 6. The summed E-state index contributed by atoms with van der Waals surface area (Å²) < 4.78 is 0. The number of carbonyl (C=O) groups is 1. The Kier molecular flexibility index (Phi) is 6.77. The van der Waals surface area contributed by atoms with E-state index < -0.39 is 0 Å². The average molecular weight is 449 g/mol. The first-order chi connectivity index (χ1) is 15.4. The van der Waals surface area contributed by atoms with Gasteiger partial charge in [0.15, 0.2) is 5.16 Å². The van der Waals surface area contributed by atoms with E-state index in [1.54, 1.807) is 0 Å². The van der Waals surface area contributed by atoms with Crippen LogP contribution >= 0.6 is 11.8 Å². The third kappa shape index (κ3) is 5.47. The number of benzene rings is 2. The van der Waals surface area contributed by atoms with Gasteiger partial charge in [0, 0.05) is 31.7 Å². The van der Waals surface area contributed by atoms with Gasteiger partial charge in [0.2, 0.25) is 5.91 Å². The molecule has 166 valence electrons. The van der Waals surface area contributed by atoms with Gasteiger partial charge in [-0.1, -0.05) is 47.7 Å². The molecule has 2 aromatic carbocycles. The van der Waals surface area contributed by atoms with Gasteiger partial charge in [-0.15, -0.1) is 0 Å². The summed E-state index contributed by atoms with van der Waals surface area (Å²) in [7, 11) is 0. The van der Waals surface area contributed by atoms with E-state index >= 15 is 0 Å². The Morgan fingerprint density at radius 2 is 1.91 bits per heavy atom. The summed E-state index contributed by atoms with van der Waals surface area (Å²) in [5.41, 5.74) is 7.04. The van der Waals surface area contributed by atoms with Crippen LogP contribution in [0.5, 0.6) is 0 Å². The highest BCUT2D eigenvalue weighted by molar-refractivity contribution is 7.99. The molecule has 0 fully saturated rings. The Bertz CT molecular complexity index is 1190. The summed E-state index contributed by atoms with van der Waals surface area (Å²) >= 11 is 1.25. The molecule has 6 nitrogen and oxygen atoms in total. The van der Waals surface area contributed by atoms with E-state index in [9.17, 15) is 9.59 Å². The number of aryl methyl sites for hydroxylation is 3. The van der Waals surface area contributed by atoms with Crippen LogP contribution in [0, 0.1) is 20.8 Å². The van der Waals surface area contributed by atoms with Crippen molar-refractivity contribution in [3.63, 3.8) is 0 Å². The first-order valence-electron chi connectivity index (χ1n) is 10.8. The molecule has 0 saturated carbocycles. The van der Waals surface area contributed by atoms with E-state index in [1.165, 1.54) is 28.5 Å². The first-order valence-corrected chi connectivity index (χ1v) is 11.8. The van der Waals surface area contributed by atoms with Crippen LogP contribution in [-0.4, -0.2) is 33.1 Å². The van der Waals surface area contributed by atoms with E-state index in [1.807, 2.05) is 32.0 Å². The zero-order valence-electron chi connectivity index (χ0n) is 18.7. The Morgan fingerprint density at radius 3 is 2.66 bits per heavy atom. The lowest BCUT2D eigenvalue weighted by molar-refractivity contribution is -0.113. The van der Waals surface area contributed by atoms with Crippen LogP contribution in [0.2, 0.25) is 0 Å². The number of nitrogens with zero attached hydrogens (tertiary/aromatic N) is 2. The fourth-order valence-electron chi connectivity index (χ4n) is 3.76. The van der Waals surface area contributed by atoms with Crippen molar-refractivity contribution in [3.8, 4) is 0 Å². The summed E-state index contributed by atoms with van der Waals surface area (Å²) in [6, 6.07) is 14.3. The normalized spacial score (nSPS) is 13.6. The van der Waals surface area contributed by atoms with E-state index in [4.69, 9.17) is 0 Å². The van der Waals surface area contributed by atoms with Crippen molar-refractivity contribution < 1.29 is 4.79 Å². The number of fused-ring (bicyclic) bond motifs is 1. The number of hydrogen-bond acceptors (Lipinski definition) is 5. The summed E-state index contributed by atoms with van der Waals surface area (Å²) in [5.74, 6) is 0.0664. The molecule has 1 aromatic heterocycles. The smallest absolute Gasteiger partial charge is 0.256 e. The molecule has 0 spiro atoms. The number of aromatic amines is 1. The molecule has 3 aromatic rings. The molecule has 1 amide bonds. The predicted molar refractivity (Wildman–Crippen MR) is 129 cm³/mol. The van der Waals surface area contributed by atoms with E-state index in [2.05, 4.69) is 51.4 Å². The fraction of sp³-hybridized carbons (Fsp3) is 0.320. The van der Waals surface area contributed by atoms with E-state index in [0.29, 0.717) is 11.7 Å². The summed E-state index contributed by atoms with van der Waals surface area (Å²) in [4.78, 5) is 34.8. The molecule has 1 aliphatic heterocycles. The lowest BCUT2D eigenvalue weighted by Gasteiger charge is -2.27. The standard InChI is InChI=1S/C25H28N4O2S/c1-16-4-7-19(8-5-16)13-29-11-10-22-21(14-29)24(31)28-25(27-22)32-15-23(30)26-20-9-6-17(2)18(3)12-20/h4-9,12H,10-11,13-15H2,1-3H3,(H,26,30)(H,27,28,31). The van der Waals surface area contributed by atoms with Crippen LogP contribution < -0.4 is 10.9 Å². The number of H-pyrrole nitrogens is 1. The van der Waals surface area contributed by atoms with Crippen LogP contribution in [-0.2, 0) is 24.3 Å². The van der Waals surface area contributed by atoms with Crippen molar-refractivity contribution in [2.75, 3.05) is 17.6 Å². The summed E-state index contributed by atoms with van der Waals surface area (Å²) in [6.45, 7) is 8.39. The quantitative estimate of drug-likeness (QED) is 0.441. The van der Waals surface area contributed by atoms with Gasteiger partial charge in [-0.2, -0.15) is 0 Å². The van der Waals surface area contributed by atoms with E-state index in [0.717, 1.165) is 42.0 Å². The van der Waals surface area contributed by atoms with Gasteiger partial charge in [-0.25, -0.2) is 4.98 Å². The van der Waals surface area contributed by atoms with Crippen LogP contribution in [0.3, 0.4) is 0 Å². The molecule has 4 rings (SSSR count). The zero-order chi connectivity index (χ0) is 22.7. The molecule has 2 N–H and O–H groups in total. The van der Waals surface area contributed by atoms with Crippen molar-refractivity contribution in [3.05, 3.63) is 86.3 Å². The zero-order valence-corrected chi connectivity index (χ0v) is 19.5. The highest BCUT2D eigenvalue weighted by atomic mass is 32.2. The second kappa shape index (κ2) is 9.71. The molecule has 0 atom stereocenters. The average Bonchev–Trinajstić information content (AvgIpc) is 2.77. The highest BCUT2D eigenvalue weighted by Gasteiger charge is 2.21. The minimum absolute atomic E-state index is 0.110. The number of amides is 1. The Morgan fingerprint density at radius 1 is 1.12 bits per heavy atom. The maximum Gasteiger partial charge on any atom is 0.256 e. The van der Waals surface area contributed by atoms with Gasteiger partial charge in [0.05, 0.1) is 17.0 Å². The Balaban J connectivity index is 1.36. The van der Waals surface area contributed by atoms with Gasteiger partial charge in [0.25, 0.3) is 5.56 Å². The second-order valence-electron chi connectivity index (χ2n) is 8.38. The van der Waals surface area contributed by atoms with Crippen LogP contribution in [0.25, 0.3) is 0 Å². The minimum atomic E-state index is -0.122. The molecular weight excluding hydrogens is 420 g/mol. The van der Waals surface area contributed by atoms with Crippen LogP contribution in [0.15, 0.2) is 52.4 Å². The molecule has 0 aliphatic carbocycles. The molecule has 32 heavy (non-hydrogen) atoms. The Labute approximate surface area is 192 Å². The molecule has 2 heterocycles. The number of aromatic nitrogens is 2. The number of carbonyl (C=O) groups excluding carboxylic acids is 1. The molecular formula is C25H28N4O2S. The van der Waals surface area contributed by atoms with Crippen LogP contribution in [0.1, 0.15) is 33.5 Å². The van der Waals surface area contributed by atoms with E-state index in [-0.39, 0.29) is 17.2 Å². The molecule has 0 unspecified atom stereocenters. The number of nitrogens with one attached hydrogen (secondary N) is 2. The van der Waals surface area contributed by atoms with Gasteiger partial charge < -0.3 is 10.3 Å². The molecule has 0 radical (unpaired) electrons. The fourth-order valence-corrected chi connectivity index (χ4v) is 4.44. The Hall–Kier alpha value is -2.90. The van der Waals surface area contributed by atoms with Gasteiger partial charge in [0.1, 0.15) is 0 Å². The summed E-state index contributed by atoms with van der Waals surface area (Å²) in [6.07, 6.45) is 0.730. The molecule has 0 saturated heterocycles. The maximum atomic E-state index is 12.7. The number of anilines is 1. The molecule has 0 bridgehead atoms. The number of thioether (sulfide) groups is 1. The number of hydrogen-bond donors (Lipinski definition) is 2. The van der Waals surface area contributed by atoms with Gasteiger partial charge in [-0.3, -0.25) is 14.5 Å². The minimum Gasteiger partial charge on any atom is -0.325 e. The van der Waals surface area contributed by atoms with Gasteiger partial charge >= 0.3 is 0 Å². The lowest BCUT2D eigenvalue weighted by Crippen LogP contribution is -2.35. The maximum absolute atomic E-state index is 12.7. The largest absolute Gasteiger partial charge is 0.325 e. The highest BCUT2D eigenvalue weighted by Crippen LogP contribution is 2.20. The van der Waals surface area contributed by atoms with Crippen molar-refractivity contribution >= 4 is 23.4 Å².